The molecule has 0 aromatic carbocycles. The maximum absolute atomic E-state index is 5.71. The molecule has 1 atom stereocenters. The Morgan fingerprint density at radius 1 is 0.971 bits per heavy atom. The van der Waals surface area contributed by atoms with Gasteiger partial charge in [-0.05, 0) is 50.2 Å². The third kappa shape index (κ3) is 3.73. The molecule has 2 fully saturated rings. The van der Waals surface area contributed by atoms with Gasteiger partial charge in [0.15, 0.2) is 5.82 Å². The average Bonchev–Trinajstić information content (AvgIpc) is 3.41. The Morgan fingerprint density at radius 2 is 1.79 bits per heavy atom. The highest BCUT2D eigenvalue weighted by molar-refractivity contribution is 5.55. The summed E-state index contributed by atoms with van der Waals surface area (Å²) >= 11 is 0. The molecule has 0 amide bonds. The molecular formula is C24H26N8O2. The van der Waals surface area contributed by atoms with Crippen molar-refractivity contribution in [3.63, 3.8) is 0 Å². The fourth-order valence-electron chi connectivity index (χ4n) is 4.68. The molecule has 5 heterocycles. The molecular weight excluding hydrogens is 432 g/mol. The van der Waals surface area contributed by atoms with Crippen LogP contribution in [0.1, 0.15) is 50.0 Å². The summed E-state index contributed by atoms with van der Waals surface area (Å²) in [6.07, 6.45) is 13.0. The minimum absolute atomic E-state index is 0.344. The first-order valence-electron chi connectivity index (χ1n) is 11.6. The van der Waals surface area contributed by atoms with Gasteiger partial charge in [0.05, 0.1) is 41.3 Å². The van der Waals surface area contributed by atoms with Crippen molar-refractivity contribution in [1.29, 1.82) is 0 Å². The van der Waals surface area contributed by atoms with Gasteiger partial charge >= 0.3 is 0 Å². The van der Waals surface area contributed by atoms with Crippen LogP contribution in [0.4, 0.5) is 5.82 Å². The van der Waals surface area contributed by atoms with Crippen molar-refractivity contribution in [3.05, 3.63) is 54.5 Å². The molecule has 1 saturated heterocycles. The van der Waals surface area contributed by atoms with Crippen LogP contribution in [0.25, 0.3) is 22.8 Å². The predicted octanol–water partition coefficient (Wildman–Crippen LogP) is 3.43. The molecule has 174 valence electrons. The number of ether oxygens (including phenoxy) is 1. The van der Waals surface area contributed by atoms with Gasteiger partial charge in [0.25, 0.3) is 5.89 Å². The van der Waals surface area contributed by atoms with Crippen LogP contribution < -0.4 is 5.73 Å². The van der Waals surface area contributed by atoms with Crippen LogP contribution in [0, 0.1) is 5.92 Å². The van der Waals surface area contributed by atoms with E-state index in [2.05, 4.69) is 38.2 Å². The fourth-order valence-corrected chi connectivity index (χ4v) is 4.68. The standard InChI is InChI=1S/C24H26N8O2/c1-24(16-2-3-16,17-4-5-19(26-11-17)20-12-28-21(25)13-27-20)23-30-22(34-31-23)15-10-29-32(14-15)18-6-8-33-9-7-18/h4-5,10-14,16,18H,2-3,6-9H2,1H3,(H2,25,28). The normalized spacial score (nSPS) is 18.6. The highest BCUT2D eigenvalue weighted by atomic mass is 16.5. The van der Waals surface area contributed by atoms with Crippen LogP contribution in [0.15, 0.2) is 47.6 Å². The van der Waals surface area contributed by atoms with Crippen molar-refractivity contribution < 1.29 is 9.26 Å². The first-order valence-corrected chi connectivity index (χ1v) is 11.6. The topological polar surface area (TPSA) is 131 Å². The maximum Gasteiger partial charge on any atom is 0.261 e. The van der Waals surface area contributed by atoms with Crippen LogP contribution in [-0.4, -0.2) is 48.1 Å². The van der Waals surface area contributed by atoms with E-state index in [0.717, 1.165) is 55.7 Å². The van der Waals surface area contributed by atoms with E-state index in [4.69, 9.17) is 20.0 Å². The SMILES string of the molecule is CC(c1ccc(-c2cnc(N)cn2)nc1)(c1noc(-c2cnn(C3CCOCC3)c2)n1)C1CC1. The molecule has 0 radical (unpaired) electrons. The lowest BCUT2D eigenvalue weighted by Gasteiger charge is -2.26. The molecule has 1 aliphatic heterocycles. The second-order valence-electron chi connectivity index (χ2n) is 9.21. The average molecular weight is 459 g/mol. The molecule has 1 saturated carbocycles. The smallest absolute Gasteiger partial charge is 0.261 e. The summed E-state index contributed by atoms with van der Waals surface area (Å²) in [7, 11) is 0. The zero-order valence-electron chi connectivity index (χ0n) is 19.0. The molecule has 2 aliphatic rings. The third-order valence-electron chi connectivity index (χ3n) is 7.00. The first kappa shape index (κ1) is 20.9. The van der Waals surface area contributed by atoms with Gasteiger partial charge in [0.2, 0.25) is 0 Å². The minimum atomic E-state index is -0.392. The molecule has 0 bridgehead atoms. The zero-order chi connectivity index (χ0) is 23.1. The molecule has 1 unspecified atom stereocenters. The van der Waals surface area contributed by atoms with Crippen LogP contribution in [-0.2, 0) is 10.2 Å². The first-order chi connectivity index (χ1) is 16.6. The molecule has 4 aromatic rings. The number of aromatic nitrogens is 7. The van der Waals surface area contributed by atoms with Gasteiger partial charge in [0.1, 0.15) is 11.5 Å². The number of nitrogens with two attached hydrogens (primary N) is 1. The van der Waals surface area contributed by atoms with Crippen molar-refractivity contribution in [1.82, 2.24) is 34.9 Å². The lowest BCUT2D eigenvalue weighted by molar-refractivity contribution is 0.0662. The highest BCUT2D eigenvalue weighted by Crippen LogP contribution is 2.50. The van der Waals surface area contributed by atoms with E-state index in [1.54, 1.807) is 12.4 Å². The Labute approximate surface area is 196 Å². The van der Waals surface area contributed by atoms with Crippen molar-refractivity contribution in [2.45, 2.75) is 44.1 Å². The summed E-state index contributed by atoms with van der Waals surface area (Å²) in [6.45, 7) is 3.70. The summed E-state index contributed by atoms with van der Waals surface area (Å²) < 4.78 is 13.2. The van der Waals surface area contributed by atoms with Crippen molar-refractivity contribution in [2.75, 3.05) is 18.9 Å². The quantitative estimate of drug-likeness (QED) is 0.461. The molecule has 4 aromatic heterocycles. The van der Waals surface area contributed by atoms with E-state index in [0.29, 0.717) is 35.2 Å². The molecule has 10 heteroatoms. The summed E-state index contributed by atoms with van der Waals surface area (Å²) in [5, 5.41) is 8.95. The molecule has 1 aliphatic carbocycles. The second-order valence-corrected chi connectivity index (χ2v) is 9.21. The Hall–Kier alpha value is -3.66. The summed E-state index contributed by atoms with van der Waals surface area (Å²) in [6, 6.07) is 4.37. The van der Waals surface area contributed by atoms with Gasteiger partial charge in [-0.1, -0.05) is 11.2 Å². The van der Waals surface area contributed by atoms with Crippen LogP contribution in [0.5, 0.6) is 0 Å². The number of nitrogen functional groups attached to an aromatic ring is 1. The summed E-state index contributed by atoms with van der Waals surface area (Å²) in [4.78, 5) is 17.9. The zero-order valence-corrected chi connectivity index (χ0v) is 19.0. The summed E-state index contributed by atoms with van der Waals surface area (Å²) in [5.41, 5.74) is 8.55. The van der Waals surface area contributed by atoms with Crippen LogP contribution in [0.3, 0.4) is 0 Å². The number of pyridine rings is 1. The van der Waals surface area contributed by atoms with Gasteiger partial charge in [-0.3, -0.25) is 9.67 Å². The Balaban J connectivity index is 1.28. The Kier molecular flexibility index (Phi) is 5.09. The Morgan fingerprint density at radius 3 is 2.50 bits per heavy atom. The van der Waals surface area contributed by atoms with Gasteiger partial charge < -0.3 is 15.0 Å². The molecule has 2 N–H and O–H groups in total. The minimum Gasteiger partial charge on any atom is -0.382 e. The second kappa shape index (κ2) is 8.28. The third-order valence-corrected chi connectivity index (χ3v) is 7.00. The Bertz CT molecular complexity index is 1270. The van der Waals surface area contributed by atoms with Crippen LogP contribution >= 0.6 is 0 Å². The van der Waals surface area contributed by atoms with E-state index in [9.17, 15) is 0 Å². The number of hydrogen-bond acceptors (Lipinski definition) is 9. The van der Waals surface area contributed by atoms with Gasteiger partial charge in [-0.15, -0.1) is 0 Å². The van der Waals surface area contributed by atoms with E-state index >= 15 is 0 Å². The van der Waals surface area contributed by atoms with E-state index in [-0.39, 0.29) is 0 Å². The van der Waals surface area contributed by atoms with Gasteiger partial charge in [0, 0.05) is 25.6 Å². The van der Waals surface area contributed by atoms with E-state index in [1.165, 1.54) is 6.20 Å². The maximum atomic E-state index is 5.71. The number of rotatable bonds is 6. The lowest BCUT2D eigenvalue weighted by atomic mass is 9.77. The monoisotopic (exact) mass is 458 g/mol. The predicted molar refractivity (Wildman–Crippen MR) is 123 cm³/mol. The van der Waals surface area contributed by atoms with Crippen molar-refractivity contribution in [3.8, 4) is 22.8 Å². The van der Waals surface area contributed by atoms with E-state index in [1.807, 2.05) is 23.1 Å². The van der Waals surface area contributed by atoms with E-state index < -0.39 is 5.41 Å². The highest BCUT2D eigenvalue weighted by Gasteiger charge is 2.47. The lowest BCUT2D eigenvalue weighted by Crippen LogP contribution is -2.28. The number of hydrogen-bond donors (Lipinski definition) is 1. The summed E-state index contributed by atoms with van der Waals surface area (Å²) in [5.74, 6) is 1.98. The van der Waals surface area contributed by atoms with Gasteiger partial charge in [-0.25, -0.2) is 9.97 Å². The largest absolute Gasteiger partial charge is 0.382 e. The number of anilines is 1. The molecule has 6 rings (SSSR count). The number of nitrogens with zero attached hydrogens (tertiary/aromatic N) is 7. The molecule has 34 heavy (non-hydrogen) atoms. The fraction of sp³-hybridized carbons (Fsp3) is 0.417. The van der Waals surface area contributed by atoms with Crippen LogP contribution in [0.2, 0.25) is 0 Å². The van der Waals surface area contributed by atoms with Gasteiger partial charge in [-0.2, -0.15) is 10.1 Å². The molecule has 0 spiro atoms. The van der Waals surface area contributed by atoms with Crippen molar-refractivity contribution >= 4 is 5.82 Å². The van der Waals surface area contributed by atoms with Crippen molar-refractivity contribution in [2.24, 2.45) is 5.92 Å². The molecule has 10 nitrogen and oxygen atoms in total.